The average Bonchev–Trinajstić information content (AvgIpc) is 2.63. The van der Waals surface area contributed by atoms with E-state index < -0.39 is 0 Å². The van der Waals surface area contributed by atoms with Gasteiger partial charge in [-0.3, -0.25) is 4.79 Å². The molecule has 4 nitrogen and oxygen atoms in total. The smallest absolute Gasteiger partial charge is 0.226 e. The fourth-order valence-electron chi connectivity index (χ4n) is 3.12. The van der Waals surface area contributed by atoms with Gasteiger partial charge in [-0.1, -0.05) is 36.4 Å². The molecule has 0 radical (unpaired) electrons. The van der Waals surface area contributed by atoms with Gasteiger partial charge in [0.25, 0.3) is 0 Å². The van der Waals surface area contributed by atoms with E-state index in [4.69, 9.17) is 4.74 Å². The molecule has 0 spiro atoms. The molecule has 0 aromatic heterocycles. The van der Waals surface area contributed by atoms with E-state index in [9.17, 15) is 4.79 Å². The molecule has 0 saturated carbocycles. The lowest BCUT2D eigenvalue weighted by Crippen LogP contribution is -2.54. The van der Waals surface area contributed by atoms with Crippen LogP contribution in [0.5, 0.6) is 5.75 Å². The molecule has 1 saturated heterocycles. The number of rotatable bonds is 5. The average molecular weight is 324 g/mol. The first-order chi connectivity index (χ1) is 11.7. The Morgan fingerprint density at radius 3 is 2.38 bits per heavy atom. The third-order valence-electron chi connectivity index (χ3n) is 4.40. The standard InChI is InChI=1S/C20H24N2O2/c1-17-16-21(13-14-22(17)18-8-4-2-5-9-18)20(23)12-15-24-19-10-6-3-7-11-19/h2-11,17H,12-16H2,1H3. The van der Waals surface area contributed by atoms with Crippen LogP contribution < -0.4 is 9.64 Å². The summed E-state index contributed by atoms with van der Waals surface area (Å²) in [6.07, 6.45) is 0.424. The van der Waals surface area contributed by atoms with E-state index in [0.29, 0.717) is 19.1 Å². The van der Waals surface area contributed by atoms with Crippen molar-refractivity contribution in [1.82, 2.24) is 4.90 Å². The summed E-state index contributed by atoms with van der Waals surface area (Å²) in [5.74, 6) is 0.984. The predicted octanol–water partition coefficient (Wildman–Crippen LogP) is 3.19. The van der Waals surface area contributed by atoms with E-state index in [1.54, 1.807) is 0 Å². The highest BCUT2D eigenvalue weighted by Crippen LogP contribution is 2.20. The Balaban J connectivity index is 1.47. The molecule has 24 heavy (non-hydrogen) atoms. The lowest BCUT2D eigenvalue weighted by atomic mass is 10.1. The highest BCUT2D eigenvalue weighted by molar-refractivity contribution is 5.76. The number of amides is 1. The number of hydrogen-bond donors (Lipinski definition) is 0. The maximum atomic E-state index is 12.4. The van der Waals surface area contributed by atoms with Crippen molar-refractivity contribution in [3.8, 4) is 5.75 Å². The molecule has 3 rings (SSSR count). The number of nitrogens with zero attached hydrogens (tertiary/aromatic N) is 2. The van der Waals surface area contributed by atoms with Crippen molar-refractivity contribution < 1.29 is 9.53 Å². The van der Waals surface area contributed by atoms with Crippen LogP contribution in [0.3, 0.4) is 0 Å². The van der Waals surface area contributed by atoms with Crippen molar-refractivity contribution in [2.24, 2.45) is 0 Å². The molecule has 1 heterocycles. The van der Waals surface area contributed by atoms with Gasteiger partial charge in [-0.15, -0.1) is 0 Å². The highest BCUT2D eigenvalue weighted by atomic mass is 16.5. The maximum absolute atomic E-state index is 12.4. The zero-order valence-corrected chi connectivity index (χ0v) is 14.1. The summed E-state index contributed by atoms with van der Waals surface area (Å²) in [5.41, 5.74) is 1.23. The Morgan fingerprint density at radius 2 is 1.71 bits per heavy atom. The fourth-order valence-corrected chi connectivity index (χ4v) is 3.12. The van der Waals surface area contributed by atoms with Crippen molar-refractivity contribution in [1.29, 1.82) is 0 Å². The molecule has 0 aliphatic carbocycles. The van der Waals surface area contributed by atoms with Crippen molar-refractivity contribution in [3.63, 3.8) is 0 Å². The van der Waals surface area contributed by atoms with Crippen LogP contribution in [0.4, 0.5) is 5.69 Å². The van der Waals surface area contributed by atoms with Crippen molar-refractivity contribution >= 4 is 11.6 Å². The van der Waals surface area contributed by atoms with Crippen LogP contribution in [0.15, 0.2) is 60.7 Å². The molecule has 4 heteroatoms. The summed E-state index contributed by atoms with van der Waals surface area (Å²) in [6, 6.07) is 20.3. The number of carbonyl (C=O) groups is 1. The van der Waals surface area contributed by atoms with Crippen LogP contribution >= 0.6 is 0 Å². The molecule has 126 valence electrons. The van der Waals surface area contributed by atoms with Crippen molar-refractivity contribution in [2.75, 3.05) is 31.1 Å². The number of ether oxygens (including phenoxy) is 1. The van der Waals surface area contributed by atoms with E-state index in [2.05, 4.69) is 36.1 Å². The molecule has 1 aliphatic heterocycles. The van der Waals surface area contributed by atoms with Gasteiger partial charge >= 0.3 is 0 Å². The normalized spacial score (nSPS) is 17.6. The molecule has 1 atom stereocenters. The van der Waals surface area contributed by atoms with E-state index in [1.807, 2.05) is 41.3 Å². The molecule has 1 fully saturated rings. The van der Waals surface area contributed by atoms with Crippen LogP contribution in [0.2, 0.25) is 0 Å². The number of benzene rings is 2. The van der Waals surface area contributed by atoms with E-state index in [-0.39, 0.29) is 5.91 Å². The van der Waals surface area contributed by atoms with Crippen LogP contribution in [0.1, 0.15) is 13.3 Å². The Bertz CT molecular complexity index is 645. The van der Waals surface area contributed by atoms with Gasteiger partial charge in [0.1, 0.15) is 5.75 Å². The van der Waals surface area contributed by atoms with Gasteiger partial charge in [0, 0.05) is 31.4 Å². The van der Waals surface area contributed by atoms with E-state index in [0.717, 1.165) is 25.4 Å². The summed E-state index contributed by atoms with van der Waals surface area (Å²) in [7, 11) is 0. The fraction of sp³-hybridized carbons (Fsp3) is 0.350. The monoisotopic (exact) mass is 324 g/mol. The van der Waals surface area contributed by atoms with Crippen molar-refractivity contribution in [2.45, 2.75) is 19.4 Å². The summed E-state index contributed by atoms with van der Waals surface area (Å²) < 4.78 is 5.63. The van der Waals surface area contributed by atoms with Gasteiger partial charge in [0.15, 0.2) is 0 Å². The Morgan fingerprint density at radius 1 is 1.04 bits per heavy atom. The summed E-state index contributed by atoms with van der Waals surface area (Å²) in [4.78, 5) is 16.7. The number of anilines is 1. The predicted molar refractivity (Wildman–Crippen MR) is 96.4 cm³/mol. The van der Waals surface area contributed by atoms with Crippen molar-refractivity contribution in [3.05, 3.63) is 60.7 Å². The molecule has 2 aromatic carbocycles. The Labute approximate surface area is 143 Å². The van der Waals surface area contributed by atoms with Gasteiger partial charge in [-0.2, -0.15) is 0 Å². The second-order valence-corrected chi connectivity index (χ2v) is 6.13. The summed E-state index contributed by atoms with van der Waals surface area (Å²) in [5, 5.41) is 0. The van der Waals surface area contributed by atoms with Crippen LogP contribution in [0, 0.1) is 0 Å². The largest absolute Gasteiger partial charge is 0.493 e. The molecule has 1 aliphatic rings. The molecule has 1 amide bonds. The minimum absolute atomic E-state index is 0.172. The molecule has 2 aromatic rings. The maximum Gasteiger partial charge on any atom is 0.226 e. The topological polar surface area (TPSA) is 32.8 Å². The lowest BCUT2D eigenvalue weighted by Gasteiger charge is -2.41. The first-order valence-corrected chi connectivity index (χ1v) is 8.51. The second kappa shape index (κ2) is 7.86. The Kier molecular flexibility index (Phi) is 5.36. The zero-order chi connectivity index (χ0) is 16.8. The molecular formula is C20H24N2O2. The minimum Gasteiger partial charge on any atom is -0.493 e. The lowest BCUT2D eigenvalue weighted by molar-refractivity contribution is -0.132. The number of piperazine rings is 1. The van der Waals surface area contributed by atoms with Gasteiger partial charge in [0.2, 0.25) is 5.91 Å². The minimum atomic E-state index is 0.172. The number of para-hydroxylation sites is 2. The SMILES string of the molecule is CC1CN(C(=O)CCOc2ccccc2)CCN1c1ccccc1. The third kappa shape index (κ3) is 4.07. The molecular weight excluding hydrogens is 300 g/mol. The number of carbonyl (C=O) groups excluding carboxylic acids is 1. The third-order valence-corrected chi connectivity index (χ3v) is 4.40. The van der Waals surface area contributed by atoms with E-state index in [1.165, 1.54) is 5.69 Å². The van der Waals surface area contributed by atoms with Gasteiger partial charge in [0.05, 0.1) is 13.0 Å². The van der Waals surface area contributed by atoms with Gasteiger partial charge in [-0.25, -0.2) is 0 Å². The molecule has 0 N–H and O–H groups in total. The molecule has 0 bridgehead atoms. The summed E-state index contributed by atoms with van der Waals surface area (Å²) in [6.45, 7) is 5.00. The first-order valence-electron chi connectivity index (χ1n) is 8.51. The zero-order valence-electron chi connectivity index (χ0n) is 14.1. The quantitative estimate of drug-likeness (QED) is 0.847. The van der Waals surface area contributed by atoms with E-state index >= 15 is 0 Å². The highest BCUT2D eigenvalue weighted by Gasteiger charge is 2.26. The van der Waals surface area contributed by atoms with Gasteiger partial charge < -0.3 is 14.5 Å². The summed E-state index contributed by atoms with van der Waals surface area (Å²) >= 11 is 0. The van der Waals surface area contributed by atoms with Crippen LogP contribution in [-0.4, -0.2) is 43.1 Å². The first kappa shape index (κ1) is 16.4. The van der Waals surface area contributed by atoms with Gasteiger partial charge in [-0.05, 0) is 31.2 Å². The Hall–Kier alpha value is -2.49. The van der Waals surface area contributed by atoms with Crippen LogP contribution in [-0.2, 0) is 4.79 Å². The van der Waals surface area contributed by atoms with Crippen LogP contribution in [0.25, 0.3) is 0 Å². The number of hydrogen-bond acceptors (Lipinski definition) is 3. The second-order valence-electron chi connectivity index (χ2n) is 6.13. The molecule has 1 unspecified atom stereocenters.